The van der Waals surface area contributed by atoms with Gasteiger partial charge in [0, 0.05) is 18.2 Å². The number of H-pyrrole nitrogens is 1. The van der Waals surface area contributed by atoms with E-state index in [1.807, 2.05) is 24.3 Å². The molecule has 4 heteroatoms. The third-order valence-electron chi connectivity index (χ3n) is 2.97. The van der Waals surface area contributed by atoms with Gasteiger partial charge in [0.25, 0.3) is 0 Å². The zero-order valence-corrected chi connectivity index (χ0v) is 11.7. The van der Waals surface area contributed by atoms with E-state index in [0.717, 1.165) is 17.9 Å². The fraction of sp³-hybridized carbons (Fsp3) is 0.400. The molecule has 0 bridgehead atoms. The number of nitrogens with zero attached hydrogens (tertiary/aromatic N) is 1. The van der Waals surface area contributed by atoms with Gasteiger partial charge in [0.2, 0.25) is 0 Å². The zero-order valence-electron chi connectivity index (χ0n) is 11.7. The van der Waals surface area contributed by atoms with Crippen LogP contribution in [0.1, 0.15) is 32.0 Å². The summed E-state index contributed by atoms with van der Waals surface area (Å²) in [5, 5.41) is 6.78. The van der Waals surface area contributed by atoms with Crippen molar-refractivity contribution in [3.63, 3.8) is 0 Å². The van der Waals surface area contributed by atoms with E-state index in [0.29, 0.717) is 12.4 Å². The molecule has 102 valence electrons. The first-order chi connectivity index (χ1) is 8.97. The van der Waals surface area contributed by atoms with Crippen molar-refractivity contribution in [3.05, 3.63) is 41.6 Å². The molecule has 0 saturated carbocycles. The van der Waals surface area contributed by atoms with E-state index >= 15 is 0 Å². The molecular formula is C15H21N3O. The molecule has 0 spiro atoms. The van der Waals surface area contributed by atoms with Crippen molar-refractivity contribution in [1.29, 1.82) is 0 Å². The smallest absolute Gasteiger partial charge is 0.145 e. The van der Waals surface area contributed by atoms with Crippen LogP contribution in [0, 0.1) is 0 Å². The number of hydrogen-bond acceptors (Lipinski definition) is 3. The highest BCUT2D eigenvalue weighted by Gasteiger charge is 2.18. The molecule has 0 atom stereocenters. The summed E-state index contributed by atoms with van der Waals surface area (Å²) >= 11 is 0. The maximum absolute atomic E-state index is 5.89. The molecule has 0 aliphatic heterocycles. The number of hydrogen-bond donors (Lipinski definition) is 2. The third kappa shape index (κ3) is 3.50. The fourth-order valence-corrected chi connectivity index (χ4v) is 1.99. The van der Waals surface area contributed by atoms with E-state index in [-0.39, 0.29) is 5.41 Å². The van der Waals surface area contributed by atoms with E-state index < -0.39 is 0 Å². The molecule has 1 aromatic carbocycles. The van der Waals surface area contributed by atoms with Crippen molar-refractivity contribution < 1.29 is 4.74 Å². The van der Waals surface area contributed by atoms with Gasteiger partial charge in [0.1, 0.15) is 11.6 Å². The highest BCUT2D eigenvalue weighted by Crippen LogP contribution is 2.30. The Balaban J connectivity index is 2.00. The number of anilines is 1. The van der Waals surface area contributed by atoms with E-state index in [1.165, 1.54) is 5.56 Å². The minimum absolute atomic E-state index is 0.0784. The predicted molar refractivity (Wildman–Crippen MR) is 77.3 cm³/mol. The summed E-state index contributed by atoms with van der Waals surface area (Å²) in [6.45, 7) is 7.16. The SMILES string of the molecule is CC(C)(C)c1ccccc1OCCc1cc(N)n[nH]1. The molecule has 0 amide bonds. The van der Waals surface area contributed by atoms with Crippen LogP contribution < -0.4 is 10.5 Å². The lowest BCUT2D eigenvalue weighted by atomic mass is 9.86. The van der Waals surface area contributed by atoms with Crippen LogP contribution in [-0.4, -0.2) is 16.8 Å². The second-order valence-corrected chi connectivity index (χ2v) is 5.66. The second-order valence-electron chi connectivity index (χ2n) is 5.66. The summed E-state index contributed by atoms with van der Waals surface area (Å²) in [5.41, 5.74) is 7.85. The first-order valence-corrected chi connectivity index (χ1v) is 6.49. The summed E-state index contributed by atoms with van der Waals surface area (Å²) in [7, 11) is 0. The van der Waals surface area contributed by atoms with E-state index in [4.69, 9.17) is 10.5 Å². The van der Waals surface area contributed by atoms with Crippen molar-refractivity contribution in [1.82, 2.24) is 10.2 Å². The topological polar surface area (TPSA) is 63.9 Å². The lowest BCUT2D eigenvalue weighted by Gasteiger charge is -2.22. The van der Waals surface area contributed by atoms with Crippen molar-refractivity contribution >= 4 is 5.82 Å². The average molecular weight is 259 g/mol. The van der Waals surface area contributed by atoms with Crippen molar-refractivity contribution in [2.24, 2.45) is 0 Å². The van der Waals surface area contributed by atoms with Gasteiger partial charge in [0.15, 0.2) is 0 Å². The number of aromatic nitrogens is 2. The number of nitrogen functional groups attached to an aromatic ring is 1. The van der Waals surface area contributed by atoms with Gasteiger partial charge in [-0.2, -0.15) is 5.10 Å². The molecular weight excluding hydrogens is 238 g/mol. The van der Waals surface area contributed by atoms with Gasteiger partial charge in [-0.05, 0) is 17.0 Å². The monoisotopic (exact) mass is 259 g/mol. The molecule has 1 aromatic heterocycles. The first kappa shape index (κ1) is 13.5. The lowest BCUT2D eigenvalue weighted by molar-refractivity contribution is 0.311. The number of para-hydroxylation sites is 1. The maximum atomic E-state index is 5.89. The van der Waals surface area contributed by atoms with Crippen molar-refractivity contribution in [2.45, 2.75) is 32.6 Å². The van der Waals surface area contributed by atoms with Crippen LogP contribution in [0.3, 0.4) is 0 Å². The van der Waals surface area contributed by atoms with Crippen molar-refractivity contribution in [3.8, 4) is 5.75 Å². The molecule has 2 aromatic rings. The van der Waals surface area contributed by atoms with Crippen LogP contribution in [0.25, 0.3) is 0 Å². The largest absolute Gasteiger partial charge is 0.493 e. The molecule has 0 aliphatic carbocycles. The standard InChI is InChI=1S/C15H21N3O/c1-15(2,3)12-6-4-5-7-13(12)19-9-8-11-10-14(16)18-17-11/h4-7,10H,8-9H2,1-3H3,(H3,16,17,18). The molecule has 2 rings (SSSR count). The average Bonchev–Trinajstić information content (AvgIpc) is 2.74. The number of ether oxygens (including phenoxy) is 1. The summed E-state index contributed by atoms with van der Waals surface area (Å²) < 4.78 is 5.89. The normalized spacial score (nSPS) is 11.5. The van der Waals surface area contributed by atoms with Crippen LogP contribution >= 0.6 is 0 Å². The summed E-state index contributed by atoms with van der Waals surface area (Å²) in [6.07, 6.45) is 0.767. The molecule has 0 aliphatic rings. The lowest BCUT2D eigenvalue weighted by Crippen LogP contribution is -2.14. The Hall–Kier alpha value is -1.97. The van der Waals surface area contributed by atoms with Gasteiger partial charge < -0.3 is 10.5 Å². The number of benzene rings is 1. The Morgan fingerprint density at radius 2 is 2.00 bits per heavy atom. The Kier molecular flexibility index (Phi) is 3.79. The van der Waals surface area contributed by atoms with Gasteiger partial charge in [-0.3, -0.25) is 5.10 Å². The fourth-order valence-electron chi connectivity index (χ4n) is 1.99. The maximum Gasteiger partial charge on any atom is 0.145 e. The van der Waals surface area contributed by atoms with Crippen LogP contribution in [-0.2, 0) is 11.8 Å². The predicted octanol–water partition coefficient (Wildman–Crippen LogP) is 2.91. The van der Waals surface area contributed by atoms with Crippen LogP contribution in [0.15, 0.2) is 30.3 Å². The molecule has 0 fully saturated rings. The molecule has 19 heavy (non-hydrogen) atoms. The van der Waals surface area contributed by atoms with Crippen molar-refractivity contribution in [2.75, 3.05) is 12.3 Å². The van der Waals surface area contributed by atoms with Gasteiger partial charge >= 0.3 is 0 Å². The minimum Gasteiger partial charge on any atom is -0.493 e. The molecule has 0 saturated heterocycles. The van der Waals surface area contributed by atoms with Crippen LogP contribution in [0.4, 0.5) is 5.82 Å². The van der Waals surface area contributed by atoms with Gasteiger partial charge in [-0.15, -0.1) is 0 Å². The second kappa shape index (κ2) is 5.34. The zero-order chi connectivity index (χ0) is 13.9. The number of nitrogens with one attached hydrogen (secondary N) is 1. The quantitative estimate of drug-likeness (QED) is 0.887. The Morgan fingerprint density at radius 1 is 1.26 bits per heavy atom. The number of aromatic amines is 1. The Labute approximate surface area is 114 Å². The van der Waals surface area contributed by atoms with E-state index in [1.54, 1.807) is 0 Å². The molecule has 0 unspecified atom stereocenters. The summed E-state index contributed by atoms with van der Waals surface area (Å²) in [4.78, 5) is 0. The minimum atomic E-state index is 0.0784. The van der Waals surface area contributed by atoms with Gasteiger partial charge in [-0.1, -0.05) is 39.0 Å². The van der Waals surface area contributed by atoms with Gasteiger partial charge in [-0.25, -0.2) is 0 Å². The molecule has 1 heterocycles. The summed E-state index contributed by atoms with van der Waals surface area (Å²) in [6, 6.07) is 10.0. The Morgan fingerprint density at radius 3 is 2.63 bits per heavy atom. The molecule has 3 N–H and O–H groups in total. The Bertz CT molecular complexity index is 540. The van der Waals surface area contributed by atoms with Crippen LogP contribution in [0.5, 0.6) is 5.75 Å². The highest BCUT2D eigenvalue weighted by atomic mass is 16.5. The molecule has 0 radical (unpaired) electrons. The summed E-state index contributed by atoms with van der Waals surface area (Å²) in [5.74, 6) is 1.47. The third-order valence-corrected chi connectivity index (χ3v) is 2.97. The number of nitrogens with two attached hydrogens (primary N) is 1. The number of rotatable bonds is 4. The van der Waals surface area contributed by atoms with Crippen LogP contribution in [0.2, 0.25) is 0 Å². The highest BCUT2D eigenvalue weighted by molar-refractivity contribution is 5.38. The van der Waals surface area contributed by atoms with Gasteiger partial charge in [0.05, 0.1) is 6.61 Å². The first-order valence-electron chi connectivity index (χ1n) is 6.49. The van der Waals surface area contributed by atoms with E-state index in [2.05, 4.69) is 37.0 Å². The van der Waals surface area contributed by atoms with E-state index in [9.17, 15) is 0 Å². The molecule has 4 nitrogen and oxygen atoms in total.